The van der Waals surface area contributed by atoms with E-state index in [1.807, 2.05) is 31.2 Å². The Morgan fingerprint density at radius 3 is 2.57 bits per heavy atom. The Balaban J connectivity index is 2.02. The number of nitrogens with one attached hydrogen (secondary N) is 1. The number of ether oxygens (including phenoxy) is 1. The highest BCUT2D eigenvalue weighted by Crippen LogP contribution is 2.21. The minimum absolute atomic E-state index is 0.749. The van der Waals surface area contributed by atoms with E-state index in [0.717, 1.165) is 42.6 Å². The van der Waals surface area contributed by atoms with Gasteiger partial charge in [0.1, 0.15) is 17.3 Å². The lowest BCUT2D eigenvalue weighted by Gasteiger charge is -2.18. The first kappa shape index (κ1) is 15.4. The average molecular weight is 288 g/mol. The summed E-state index contributed by atoms with van der Waals surface area (Å²) in [5, 5.41) is 3.33. The van der Waals surface area contributed by atoms with Crippen LogP contribution in [0.1, 0.15) is 24.0 Å². The van der Waals surface area contributed by atoms with E-state index in [0.29, 0.717) is 0 Å². The number of anilines is 1. The van der Waals surface area contributed by atoms with Crippen molar-refractivity contribution < 1.29 is 9.15 Å². The van der Waals surface area contributed by atoms with Crippen molar-refractivity contribution in [2.24, 2.45) is 0 Å². The molecule has 0 bridgehead atoms. The Bertz CT molecular complexity index is 561. The summed E-state index contributed by atoms with van der Waals surface area (Å²) in [6, 6.07) is 10.2. The topological polar surface area (TPSA) is 37.6 Å². The molecule has 0 radical (unpaired) electrons. The van der Waals surface area contributed by atoms with Crippen LogP contribution in [0.5, 0.6) is 5.75 Å². The molecule has 0 spiro atoms. The number of hydrogen-bond donors (Lipinski definition) is 1. The van der Waals surface area contributed by atoms with E-state index in [2.05, 4.69) is 30.3 Å². The van der Waals surface area contributed by atoms with E-state index in [1.165, 1.54) is 5.56 Å². The number of aryl methyl sites for hydroxylation is 1. The minimum atomic E-state index is 0.749. The highest BCUT2D eigenvalue weighted by Gasteiger charge is 2.10. The molecule has 0 saturated heterocycles. The first-order valence-electron chi connectivity index (χ1n) is 7.28. The summed E-state index contributed by atoms with van der Waals surface area (Å²) in [6.07, 6.45) is 0. The molecule has 2 aromatic rings. The number of furan rings is 1. The number of rotatable bonds is 7. The fourth-order valence-electron chi connectivity index (χ4n) is 2.26. The molecule has 0 unspecified atom stereocenters. The van der Waals surface area contributed by atoms with Crippen LogP contribution < -0.4 is 15.0 Å². The summed E-state index contributed by atoms with van der Waals surface area (Å²) >= 11 is 0. The van der Waals surface area contributed by atoms with Crippen molar-refractivity contribution >= 4 is 5.69 Å². The molecule has 0 fully saturated rings. The number of methoxy groups -OCH3 is 1. The molecule has 1 N–H and O–H groups in total. The van der Waals surface area contributed by atoms with Crippen molar-refractivity contribution in [1.82, 2.24) is 5.32 Å². The van der Waals surface area contributed by atoms with Crippen molar-refractivity contribution in [3.05, 3.63) is 47.4 Å². The smallest absolute Gasteiger partial charge is 0.123 e. The van der Waals surface area contributed by atoms with Crippen LogP contribution >= 0.6 is 0 Å². The Morgan fingerprint density at radius 1 is 1.24 bits per heavy atom. The first-order chi connectivity index (χ1) is 10.1. The van der Waals surface area contributed by atoms with Crippen molar-refractivity contribution in [2.75, 3.05) is 25.6 Å². The molecule has 1 aromatic heterocycles. The third-order valence-corrected chi connectivity index (χ3v) is 3.54. The van der Waals surface area contributed by atoms with Crippen LogP contribution in [0.3, 0.4) is 0 Å². The average Bonchev–Trinajstić information content (AvgIpc) is 2.84. The Morgan fingerprint density at radius 2 is 1.95 bits per heavy atom. The maximum Gasteiger partial charge on any atom is 0.123 e. The number of benzene rings is 1. The Kier molecular flexibility index (Phi) is 5.28. The summed E-state index contributed by atoms with van der Waals surface area (Å²) in [7, 11) is 3.74. The van der Waals surface area contributed by atoms with Crippen LogP contribution in [0, 0.1) is 6.92 Å². The number of nitrogens with zero attached hydrogens (tertiary/aromatic N) is 1. The lowest BCUT2D eigenvalue weighted by Crippen LogP contribution is -2.15. The van der Waals surface area contributed by atoms with E-state index in [9.17, 15) is 0 Å². The van der Waals surface area contributed by atoms with Gasteiger partial charge in [-0.3, -0.25) is 0 Å². The van der Waals surface area contributed by atoms with Crippen molar-refractivity contribution in [2.45, 2.75) is 26.9 Å². The van der Waals surface area contributed by atoms with Crippen LogP contribution in [-0.4, -0.2) is 20.7 Å². The van der Waals surface area contributed by atoms with Crippen molar-refractivity contribution in [3.8, 4) is 5.75 Å². The van der Waals surface area contributed by atoms with Gasteiger partial charge >= 0.3 is 0 Å². The van der Waals surface area contributed by atoms with Crippen LogP contribution in [0.4, 0.5) is 5.69 Å². The van der Waals surface area contributed by atoms with E-state index >= 15 is 0 Å². The van der Waals surface area contributed by atoms with Crippen molar-refractivity contribution in [3.63, 3.8) is 0 Å². The summed E-state index contributed by atoms with van der Waals surface area (Å²) in [6.45, 7) is 6.69. The minimum Gasteiger partial charge on any atom is -0.497 e. The van der Waals surface area contributed by atoms with Gasteiger partial charge < -0.3 is 19.4 Å². The van der Waals surface area contributed by atoms with Crippen LogP contribution in [-0.2, 0) is 13.1 Å². The molecular formula is C17H24N2O2. The highest BCUT2D eigenvalue weighted by atomic mass is 16.5. The summed E-state index contributed by atoms with van der Waals surface area (Å²) in [5.41, 5.74) is 2.37. The fourth-order valence-corrected chi connectivity index (χ4v) is 2.26. The zero-order valence-electron chi connectivity index (χ0n) is 13.3. The van der Waals surface area contributed by atoms with Gasteiger partial charge in [0, 0.05) is 24.8 Å². The van der Waals surface area contributed by atoms with Crippen LogP contribution in [0.2, 0.25) is 0 Å². The van der Waals surface area contributed by atoms with Gasteiger partial charge in [0.15, 0.2) is 0 Å². The van der Waals surface area contributed by atoms with Crippen molar-refractivity contribution in [1.29, 1.82) is 0 Å². The molecule has 2 rings (SSSR count). The molecular weight excluding hydrogens is 264 g/mol. The summed E-state index contributed by atoms with van der Waals surface area (Å²) in [5.74, 6) is 2.85. The summed E-state index contributed by atoms with van der Waals surface area (Å²) < 4.78 is 11.0. The van der Waals surface area contributed by atoms with Gasteiger partial charge in [-0.25, -0.2) is 0 Å². The van der Waals surface area contributed by atoms with Gasteiger partial charge in [0.25, 0.3) is 0 Å². The standard InChI is InChI=1S/C17H24N2O2/c1-5-18-11-14-10-17(21-13(14)2)12-19(3)15-6-8-16(20-4)9-7-15/h6-10,18H,5,11-12H2,1-4H3. The van der Waals surface area contributed by atoms with Crippen LogP contribution in [0.25, 0.3) is 0 Å². The van der Waals surface area contributed by atoms with Crippen LogP contribution in [0.15, 0.2) is 34.7 Å². The van der Waals surface area contributed by atoms with E-state index in [1.54, 1.807) is 7.11 Å². The third-order valence-electron chi connectivity index (χ3n) is 3.54. The monoisotopic (exact) mass is 288 g/mol. The van der Waals surface area contributed by atoms with Gasteiger partial charge in [-0.05, 0) is 43.8 Å². The second-order valence-electron chi connectivity index (χ2n) is 5.13. The molecule has 4 heteroatoms. The van der Waals surface area contributed by atoms with Gasteiger partial charge in [-0.2, -0.15) is 0 Å². The number of hydrogen-bond acceptors (Lipinski definition) is 4. The quantitative estimate of drug-likeness (QED) is 0.848. The molecule has 4 nitrogen and oxygen atoms in total. The molecule has 0 aliphatic carbocycles. The van der Waals surface area contributed by atoms with Gasteiger partial charge in [-0.15, -0.1) is 0 Å². The SMILES string of the molecule is CCNCc1cc(CN(C)c2ccc(OC)cc2)oc1C. The Labute approximate surface area is 126 Å². The molecule has 0 atom stereocenters. The maximum absolute atomic E-state index is 5.84. The molecule has 1 aromatic carbocycles. The molecule has 0 aliphatic rings. The second kappa shape index (κ2) is 7.18. The normalized spacial score (nSPS) is 10.7. The van der Waals surface area contributed by atoms with E-state index in [-0.39, 0.29) is 0 Å². The third kappa shape index (κ3) is 4.02. The summed E-state index contributed by atoms with van der Waals surface area (Å²) in [4.78, 5) is 2.16. The van der Waals surface area contributed by atoms with Gasteiger partial charge in [0.2, 0.25) is 0 Å². The van der Waals surface area contributed by atoms with E-state index < -0.39 is 0 Å². The molecule has 114 valence electrons. The molecule has 0 amide bonds. The van der Waals surface area contributed by atoms with Gasteiger partial charge in [-0.1, -0.05) is 6.92 Å². The zero-order chi connectivity index (χ0) is 15.2. The molecule has 0 saturated carbocycles. The van der Waals surface area contributed by atoms with E-state index in [4.69, 9.17) is 9.15 Å². The molecule has 21 heavy (non-hydrogen) atoms. The molecule has 0 aliphatic heterocycles. The highest BCUT2D eigenvalue weighted by molar-refractivity contribution is 5.48. The fraction of sp³-hybridized carbons (Fsp3) is 0.412. The predicted molar refractivity (Wildman–Crippen MR) is 85.9 cm³/mol. The largest absolute Gasteiger partial charge is 0.497 e. The molecule has 1 heterocycles. The predicted octanol–water partition coefficient (Wildman–Crippen LogP) is 3.34. The Hall–Kier alpha value is -1.94. The maximum atomic E-state index is 5.84. The lowest BCUT2D eigenvalue weighted by atomic mass is 10.2. The second-order valence-corrected chi connectivity index (χ2v) is 5.13. The van der Waals surface area contributed by atoms with Gasteiger partial charge in [0.05, 0.1) is 13.7 Å². The first-order valence-corrected chi connectivity index (χ1v) is 7.28. The zero-order valence-corrected chi connectivity index (χ0v) is 13.3. The lowest BCUT2D eigenvalue weighted by molar-refractivity contribution is 0.415.